The Kier molecular flexibility index (Phi) is 6.66. The second-order valence-electron chi connectivity index (χ2n) is 5.58. The fraction of sp³-hybridized carbons (Fsp3) is 0.444. The third-order valence-corrected chi connectivity index (χ3v) is 3.66. The number of aryl methyl sites for hydroxylation is 2. The fourth-order valence-corrected chi connectivity index (χ4v) is 2.36. The Morgan fingerprint density at radius 1 is 1.22 bits per heavy atom. The van der Waals surface area contributed by atoms with Gasteiger partial charge in [0.05, 0.1) is 12.8 Å². The van der Waals surface area contributed by atoms with Crippen molar-refractivity contribution in [2.45, 2.75) is 39.0 Å². The number of methoxy groups -OCH3 is 1. The first-order valence-corrected chi connectivity index (χ1v) is 7.99. The minimum absolute atomic E-state index is 0.0972. The summed E-state index contributed by atoms with van der Waals surface area (Å²) in [6, 6.07) is 9.96. The van der Waals surface area contributed by atoms with E-state index in [0.29, 0.717) is 19.4 Å². The van der Waals surface area contributed by atoms with Crippen LogP contribution in [-0.2, 0) is 17.6 Å². The molecule has 0 aliphatic carbocycles. The number of benzene rings is 1. The summed E-state index contributed by atoms with van der Waals surface area (Å²) in [5, 5.41) is 6.82. The molecule has 0 atom stereocenters. The quantitative estimate of drug-likeness (QED) is 0.722. The molecule has 23 heavy (non-hydrogen) atoms. The summed E-state index contributed by atoms with van der Waals surface area (Å²) >= 11 is 0. The second-order valence-corrected chi connectivity index (χ2v) is 5.58. The molecule has 0 saturated carbocycles. The molecule has 5 heteroatoms. The van der Waals surface area contributed by atoms with Crippen LogP contribution >= 0.6 is 0 Å². The van der Waals surface area contributed by atoms with Crippen molar-refractivity contribution in [3.8, 4) is 5.75 Å². The highest BCUT2D eigenvalue weighted by Crippen LogP contribution is 2.13. The van der Waals surface area contributed by atoms with Gasteiger partial charge >= 0.3 is 0 Å². The van der Waals surface area contributed by atoms with E-state index in [2.05, 4.69) is 22.6 Å². The molecule has 1 amide bonds. The second kappa shape index (κ2) is 8.98. The monoisotopic (exact) mass is 316 g/mol. The van der Waals surface area contributed by atoms with Crippen LogP contribution in [0.1, 0.15) is 36.3 Å². The van der Waals surface area contributed by atoms with E-state index >= 15 is 0 Å². The van der Waals surface area contributed by atoms with Crippen LogP contribution in [0.4, 0.5) is 0 Å². The summed E-state index contributed by atoms with van der Waals surface area (Å²) in [6.45, 7) is 2.46. The number of carbonyl (C=O) groups is 1. The van der Waals surface area contributed by atoms with Crippen LogP contribution in [0, 0.1) is 6.92 Å². The van der Waals surface area contributed by atoms with Crippen LogP contribution < -0.4 is 10.1 Å². The summed E-state index contributed by atoms with van der Waals surface area (Å²) in [5.74, 6) is 1.76. The van der Waals surface area contributed by atoms with Crippen LogP contribution in [0.5, 0.6) is 5.75 Å². The normalized spacial score (nSPS) is 10.5. The molecule has 5 nitrogen and oxygen atoms in total. The Morgan fingerprint density at radius 3 is 2.65 bits per heavy atom. The minimum Gasteiger partial charge on any atom is -0.497 e. The van der Waals surface area contributed by atoms with E-state index in [-0.39, 0.29) is 5.91 Å². The van der Waals surface area contributed by atoms with Crippen molar-refractivity contribution in [1.82, 2.24) is 10.5 Å². The van der Waals surface area contributed by atoms with Crippen molar-refractivity contribution in [1.29, 1.82) is 0 Å². The zero-order chi connectivity index (χ0) is 16.5. The van der Waals surface area contributed by atoms with Crippen LogP contribution in [0.2, 0.25) is 0 Å². The molecule has 1 heterocycles. The Hall–Kier alpha value is -2.30. The molecule has 2 aromatic rings. The highest BCUT2D eigenvalue weighted by atomic mass is 16.5. The molecule has 0 bridgehead atoms. The van der Waals surface area contributed by atoms with Gasteiger partial charge in [-0.15, -0.1) is 0 Å². The molecule has 1 aromatic carbocycles. The van der Waals surface area contributed by atoms with Crippen molar-refractivity contribution in [3.63, 3.8) is 0 Å². The summed E-state index contributed by atoms with van der Waals surface area (Å²) in [7, 11) is 1.66. The first-order chi connectivity index (χ1) is 11.2. The SMILES string of the molecule is COc1ccc(CCCCC(=O)NCCc2cc(C)on2)cc1. The van der Waals surface area contributed by atoms with Crippen LogP contribution in [0.15, 0.2) is 34.9 Å². The van der Waals surface area contributed by atoms with E-state index in [9.17, 15) is 4.79 Å². The zero-order valence-electron chi connectivity index (χ0n) is 13.8. The van der Waals surface area contributed by atoms with Crippen LogP contribution in [0.3, 0.4) is 0 Å². The van der Waals surface area contributed by atoms with Gasteiger partial charge in [0.1, 0.15) is 11.5 Å². The molecule has 0 aliphatic rings. The third kappa shape index (κ3) is 6.14. The zero-order valence-corrected chi connectivity index (χ0v) is 13.8. The summed E-state index contributed by atoms with van der Waals surface area (Å²) in [4.78, 5) is 11.8. The van der Waals surface area contributed by atoms with Gasteiger partial charge in [-0.3, -0.25) is 4.79 Å². The summed E-state index contributed by atoms with van der Waals surface area (Å²) in [5.41, 5.74) is 2.15. The number of unbranched alkanes of at least 4 members (excludes halogenated alkanes) is 1. The third-order valence-electron chi connectivity index (χ3n) is 3.66. The number of nitrogens with one attached hydrogen (secondary N) is 1. The number of nitrogens with zero attached hydrogens (tertiary/aromatic N) is 1. The lowest BCUT2D eigenvalue weighted by molar-refractivity contribution is -0.121. The van der Waals surface area contributed by atoms with E-state index in [1.807, 2.05) is 25.1 Å². The van der Waals surface area contributed by atoms with Gasteiger partial charge in [-0.25, -0.2) is 0 Å². The Balaban J connectivity index is 1.55. The minimum atomic E-state index is 0.0972. The van der Waals surface area contributed by atoms with E-state index in [0.717, 1.165) is 36.5 Å². The predicted octanol–water partition coefficient (Wildman–Crippen LogP) is 3.06. The lowest BCUT2D eigenvalue weighted by Gasteiger charge is -2.05. The number of carbonyl (C=O) groups excluding carboxylic acids is 1. The highest BCUT2D eigenvalue weighted by molar-refractivity contribution is 5.75. The van der Waals surface area contributed by atoms with Gasteiger partial charge in [0.15, 0.2) is 0 Å². The van der Waals surface area contributed by atoms with Gasteiger partial charge < -0.3 is 14.6 Å². The maximum atomic E-state index is 11.8. The molecule has 0 fully saturated rings. The van der Waals surface area contributed by atoms with Gasteiger partial charge in [-0.1, -0.05) is 17.3 Å². The molecule has 1 aromatic heterocycles. The molecular weight excluding hydrogens is 292 g/mol. The van der Waals surface area contributed by atoms with Crippen molar-refractivity contribution >= 4 is 5.91 Å². The van der Waals surface area contributed by atoms with Crippen molar-refractivity contribution in [3.05, 3.63) is 47.3 Å². The van der Waals surface area contributed by atoms with E-state index in [1.165, 1.54) is 5.56 Å². The van der Waals surface area contributed by atoms with Crippen molar-refractivity contribution < 1.29 is 14.1 Å². The predicted molar refractivity (Wildman–Crippen MR) is 88.5 cm³/mol. The standard InChI is InChI=1S/C18H24N2O3/c1-14-13-16(20-23-14)11-12-19-18(21)6-4-3-5-15-7-9-17(22-2)10-8-15/h7-10,13H,3-6,11-12H2,1-2H3,(H,19,21). The molecule has 1 N–H and O–H groups in total. The van der Waals surface area contributed by atoms with Crippen molar-refractivity contribution in [2.24, 2.45) is 0 Å². The summed E-state index contributed by atoms with van der Waals surface area (Å²) < 4.78 is 10.1. The maximum Gasteiger partial charge on any atom is 0.220 e. The fourth-order valence-electron chi connectivity index (χ4n) is 2.36. The number of amides is 1. The number of hydrogen-bond acceptors (Lipinski definition) is 4. The van der Waals surface area contributed by atoms with Gasteiger partial charge in [0.2, 0.25) is 5.91 Å². The summed E-state index contributed by atoms with van der Waals surface area (Å²) in [6.07, 6.45) is 4.14. The molecule has 0 saturated heterocycles. The lowest BCUT2D eigenvalue weighted by atomic mass is 10.1. The Labute approximate surface area is 137 Å². The maximum absolute atomic E-state index is 11.8. The molecule has 0 aliphatic heterocycles. The average molecular weight is 316 g/mol. The number of aromatic nitrogens is 1. The number of ether oxygens (including phenoxy) is 1. The molecule has 124 valence electrons. The molecule has 2 rings (SSSR count). The molecule has 0 radical (unpaired) electrons. The van der Waals surface area contributed by atoms with Crippen molar-refractivity contribution in [2.75, 3.05) is 13.7 Å². The van der Waals surface area contributed by atoms with E-state index in [1.54, 1.807) is 7.11 Å². The lowest BCUT2D eigenvalue weighted by Crippen LogP contribution is -2.25. The van der Waals surface area contributed by atoms with Gasteiger partial charge in [0, 0.05) is 25.5 Å². The highest BCUT2D eigenvalue weighted by Gasteiger charge is 2.04. The Bertz CT molecular complexity index is 605. The van der Waals surface area contributed by atoms with Crippen LogP contribution in [-0.4, -0.2) is 24.7 Å². The smallest absolute Gasteiger partial charge is 0.220 e. The molecular formula is C18H24N2O3. The van der Waals surface area contributed by atoms with Gasteiger partial charge in [-0.05, 0) is 43.9 Å². The largest absolute Gasteiger partial charge is 0.497 e. The van der Waals surface area contributed by atoms with E-state index < -0.39 is 0 Å². The first kappa shape index (κ1) is 17.1. The van der Waals surface area contributed by atoms with Gasteiger partial charge in [-0.2, -0.15) is 0 Å². The average Bonchev–Trinajstić information content (AvgIpc) is 2.97. The Morgan fingerprint density at radius 2 is 2.00 bits per heavy atom. The first-order valence-electron chi connectivity index (χ1n) is 7.99. The number of rotatable bonds is 9. The van der Waals surface area contributed by atoms with E-state index in [4.69, 9.17) is 9.26 Å². The topological polar surface area (TPSA) is 64.4 Å². The van der Waals surface area contributed by atoms with Gasteiger partial charge in [0.25, 0.3) is 0 Å². The van der Waals surface area contributed by atoms with Crippen LogP contribution in [0.25, 0.3) is 0 Å². The molecule has 0 spiro atoms. The number of hydrogen-bond donors (Lipinski definition) is 1. The molecule has 0 unspecified atom stereocenters.